The van der Waals surface area contributed by atoms with Crippen LogP contribution >= 0.6 is 0 Å². The van der Waals surface area contributed by atoms with Crippen molar-refractivity contribution in [3.05, 3.63) is 30.3 Å². The Morgan fingerprint density at radius 1 is 1.21 bits per heavy atom. The number of para-hydroxylation sites is 1. The molecule has 4 N–H and O–H groups in total. The zero-order valence-electron chi connectivity index (χ0n) is 11.4. The number of hydrogen-bond donors (Lipinski definition) is 2. The number of anilines is 1. The molecule has 0 aliphatic carbocycles. The molecule has 0 radical (unpaired) electrons. The van der Waals surface area contributed by atoms with E-state index < -0.39 is 5.91 Å². The average molecular weight is 263 g/mol. The molecule has 0 fully saturated rings. The molecule has 0 aromatic heterocycles. The first kappa shape index (κ1) is 15.2. The molecule has 5 heteroatoms. The first-order valence-electron chi connectivity index (χ1n) is 6.33. The molecule has 19 heavy (non-hydrogen) atoms. The van der Waals surface area contributed by atoms with Gasteiger partial charge in [-0.05, 0) is 19.1 Å². The third kappa shape index (κ3) is 4.37. The van der Waals surface area contributed by atoms with Crippen molar-refractivity contribution in [1.82, 2.24) is 0 Å². The summed E-state index contributed by atoms with van der Waals surface area (Å²) in [4.78, 5) is 24.9. The second kappa shape index (κ2) is 6.89. The van der Waals surface area contributed by atoms with Crippen molar-refractivity contribution in [3.8, 4) is 0 Å². The third-order valence-electron chi connectivity index (χ3n) is 3.09. The molecule has 0 bridgehead atoms. The first-order chi connectivity index (χ1) is 8.93. The van der Waals surface area contributed by atoms with Crippen molar-refractivity contribution in [2.24, 2.45) is 17.4 Å². The van der Waals surface area contributed by atoms with Gasteiger partial charge in [0.15, 0.2) is 0 Å². The van der Waals surface area contributed by atoms with Gasteiger partial charge in [0.2, 0.25) is 11.8 Å². The van der Waals surface area contributed by atoms with E-state index >= 15 is 0 Å². The maximum absolute atomic E-state index is 12.4. The van der Waals surface area contributed by atoms with Gasteiger partial charge in [-0.3, -0.25) is 9.59 Å². The van der Waals surface area contributed by atoms with E-state index in [1.807, 2.05) is 30.3 Å². The molecule has 5 nitrogen and oxygen atoms in total. The molecule has 1 aromatic carbocycles. The number of primary amides is 1. The highest BCUT2D eigenvalue weighted by Gasteiger charge is 2.24. The van der Waals surface area contributed by atoms with E-state index in [4.69, 9.17) is 11.5 Å². The predicted octanol–water partition coefficient (Wildman–Crippen LogP) is 0.878. The molecule has 1 aromatic rings. The van der Waals surface area contributed by atoms with Gasteiger partial charge in [-0.1, -0.05) is 25.1 Å². The number of carbonyl (C=O) groups excluding carboxylic acids is 2. The molecule has 1 rings (SSSR count). The fraction of sp³-hybridized carbons (Fsp3) is 0.429. The van der Waals surface area contributed by atoms with Crippen LogP contribution in [0.2, 0.25) is 0 Å². The van der Waals surface area contributed by atoms with Gasteiger partial charge in [-0.15, -0.1) is 0 Å². The van der Waals surface area contributed by atoms with Gasteiger partial charge in [0.1, 0.15) is 0 Å². The van der Waals surface area contributed by atoms with E-state index in [0.29, 0.717) is 0 Å². The standard InChI is InChI=1S/C14H21N3O2/c1-10(11(2)15)14(19)17(9-8-13(16)18)12-6-4-3-5-7-12/h3-7,10-11H,8-9,15H2,1-2H3,(H2,16,18). The molecule has 0 saturated heterocycles. The number of nitrogens with zero attached hydrogens (tertiary/aromatic N) is 1. The fourth-order valence-electron chi connectivity index (χ4n) is 1.67. The fourth-order valence-corrected chi connectivity index (χ4v) is 1.67. The summed E-state index contributed by atoms with van der Waals surface area (Å²) in [6.07, 6.45) is 0.131. The van der Waals surface area contributed by atoms with Crippen molar-refractivity contribution in [3.63, 3.8) is 0 Å². The van der Waals surface area contributed by atoms with Crippen molar-refractivity contribution >= 4 is 17.5 Å². The summed E-state index contributed by atoms with van der Waals surface area (Å²) in [6, 6.07) is 8.97. The number of benzene rings is 1. The van der Waals surface area contributed by atoms with Crippen LogP contribution in [0.1, 0.15) is 20.3 Å². The van der Waals surface area contributed by atoms with Gasteiger partial charge in [-0.25, -0.2) is 0 Å². The average Bonchev–Trinajstić information content (AvgIpc) is 2.38. The second-order valence-corrected chi connectivity index (χ2v) is 4.69. The normalized spacial score (nSPS) is 13.6. The molecule has 0 heterocycles. The highest BCUT2D eigenvalue weighted by molar-refractivity contribution is 5.95. The lowest BCUT2D eigenvalue weighted by molar-refractivity contribution is -0.122. The highest BCUT2D eigenvalue weighted by Crippen LogP contribution is 2.17. The number of rotatable bonds is 6. The number of carbonyl (C=O) groups is 2. The Bertz CT molecular complexity index is 432. The van der Waals surface area contributed by atoms with E-state index in [2.05, 4.69) is 0 Å². The minimum Gasteiger partial charge on any atom is -0.370 e. The number of amides is 2. The number of hydrogen-bond acceptors (Lipinski definition) is 3. The van der Waals surface area contributed by atoms with Crippen molar-refractivity contribution in [1.29, 1.82) is 0 Å². The zero-order valence-corrected chi connectivity index (χ0v) is 11.4. The Morgan fingerprint density at radius 3 is 2.26 bits per heavy atom. The molecular formula is C14H21N3O2. The second-order valence-electron chi connectivity index (χ2n) is 4.69. The van der Waals surface area contributed by atoms with Crippen LogP contribution in [0.4, 0.5) is 5.69 Å². The Morgan fingerprint density at radius 2 is 1.79 bits per heavy atom. The van der Waals surface area contributed by atoms with Gasteiger partial charge >= 0.3 is 0 Å². The molecule has 0 saturated carbocycles. The van der Waals surface area contributed by atoms with Gasteiger partial charge in [-0.2, -0.15) is 0 Å². The Balaban J connectivity index is 2.92. The monoisotopic (exact) mass is 263 g/mol. The lowest BCUT2D eigenvalue weighted by atomic mass is 10.0. The predicted molar refractivity (Wildman–Crippen MR) is 75.4 cm³/mol. The van der Waals surface area contributed by atoms with Crippen LogP contribution < -0.4 is 16.4 Å². The minimum atomic E-state index is -0.429. The Hall–Kier alpha value is -1.88. The molecule has 104 valence electrons. The summed E-state index contributed by atoms with van der Waals surface area (Å²) >= 11 is 0. The molecule has 0 aliphatic heterocycles. The van der Waals surface area contributed by atoms with Crippen molar-refractivity contribution < 1.29 is 9.59 Å². The van der Waals surface area contributed by atoms with Crippen LogP contribution in [0.15, 0.2) is 30.3 Å². The summed E-state index contributed by atoms with van der Waals surface area (Å²) in [7, 11) is 0. The Labute approximate surface area is 113 Å². The largest absolute Gasteiger partial charge is 0.370 e. The van der Waals surface area contributed by atoms with Crippen LogP contribution in [0.5, 0.6) is 0 Å². The summed E-state index contributed by atoms with van der Waals surface area (Å²) in [5.41, 5.74) is 11.7. The lowest BCUT2D eigenvalue weighted by Gasteiger charge is -2.27. The van der Waals surface area contributed by atoms with Gasteiger partial charge in [0.25, 0.3) is 0 Å². The molecular weight excluding hydrogens is 242 g/mol. The molecule has 0 spiro atoms. The maximum Gasteiger partial charge on any atom is 0.231 e. The van der Waals surface area contributed by atoms with Crippen molar-refractivity contribution in [2.45, 2.75) is 26.3 Å². The molecule has 2 atom stereocenters. The van der Waals surface area contributed by atoms with Crippen molar-refractivity contribution in [2.75, 3.05) is 11.4 Å². The lowest BCUT2D eigenvalue weighted by Crippen LogP contribution is -2.43. The topological polar surface area (TPSA) is 89.4 Å². The zero-order chi connectivity index (χ0) is 14.4. The summed E-state index contributed by atoms with van der Waals surface area (Å²) in [6.45, 7) is 3.85. The third-order valence-corrected chi connectivity index (χ3v) is 3.09. The van der Waals surface area contributed by atoms with Crippen LogP contribution in [-0.4, -0.2) is 24.4 Å². The van der Waals surface area contributed by atoms with Crippen LogP contribution in [-0.2, 0) is 9.59 Å². The van der Waals surface area contributed by atoms with Crippen LogP contribution in [0, 0.1) is 5.92 Å². The SMILES string of the molecule is CC(N)C(C)C(=O)N(CCC(N)=O)c1ccccc1. The van der Waals surface area contributed by atoms with Gasteiger partial charge in [0.05, 0.1) is 5.92 Å². The maximum atomic E-state index is 12.4. The molecule has 0 aliphatic rings. The molecule has 2 unspecified atom stereocenters. The summed E-state index contributed by atoms with van der Waals surface area (Å²) < 4.78 is 0. The minimum absolute atomic E-state index is 0.0950. The van der Waals surface area contributed by atoms with Gasteiger partial charge < -0.3 is 16.4 Å². The highest BCUT2D eigenvalue weighted by atomic mass is 16.2. The van der Waals surface area contributed by atoms with E-state index in [-0.39, 0.29) is 30.8 Å². The number of nitrogens with two attached hydrogens (primary N) is 2. The van der Waals surface area contributed by atoms with Crippen LogP contribution in [0.3, 0.4) is 0 Å². The summed E-state index contributed by atoms with van der Waals surface area (Å²) in [5.74, 6) is -0.835. The quantitative estimate of drug-likeness (QED) is 0.798. The van der Waals surface area contributed by atoms with E-state index in [1.165, 1.54) is 0 Å². The van der Waals surface area contributed by atoms with E-state index in [1.54, 1.807) is 18.7 Å². The van der Waals surface area contributed by atoms with E-state index in [0.717, 1.165) is 5.69 Å². The van der Waals surface area contributed by atoms with E-state index in [9.17, 15) is 9.59 Å². The summed E-state index contributed by atoms with van der Waals surface area (Å²) in [5, 5.41) is 0. The Kier molecular flexibility index (Phi) is 5.51. The first-order valence-corrected chi connectivity index (χ1v) is 6.33. The van der Waals surface area contributed by atoms with Crippen LogP contribution in [0.25, 0.3) is 0 Å². The van der Waals surface area contributed by atoms with Gasteiger partial charge in [0, 0.05) is 24.7 Å². The smallest absolute Gasteiger partial charge is 0.231 e. The molecule has 2 amide bonds.